The third-order valence-electron chi connectivity index (χ3n) is 5.51. The van der Waals surface area contributed by atoms with Crippen LogP contribution in [0.15, 0.2) is 22.8 Å². The summed E-state index contributed by atoms with van der Waals surface area (Å²) in [5, 5.41) is 9.14. The second kappa shape index (κ2) is 4.69. The van der Waals surface area contributed by atoms with Gasteiger partial charge in [-0.25, -0.2) is 0 Å². The molecule has 1 saturated heterocycles. The first-order chi connectivity index (χ1) is 10.6. The summed E-state index contributed by atoms with van der Waals surface area (Å²) in [6.07, 6.45) is 4.08. The zero-order valence-electron chi connectivity index (χ0n) is 12.0. The fourth-order valence-electron chi connectivity index (χ4n) is 4.70. The van der Waals surface area contributed by atoms with Crippen molar-refractivity contribution in [2.75, 3.05) is 0 Å². The van der Waals surface area contributed by atoms with E-state index in [-0.39, 0.29) is 30.1 Å². The van der Waals surface area contributed by atoms with Crippen LogP contribution in [0.1, 0.15) is 37.5 Å². The molecule has 6 heteroatoms. The van der Waals surface area contributed by atoms with E-state index in [1.165, 1.54) is 11.2 Å². The molecule has 3 fully saturated rings. The van der Waals surface area contributed by atoms with Crippen LogP contribution in [0.4, 0.5) is 0 Å². The summed E-state index contributed by atoms with van der Waals surface area (Å²) in [5.74, 6) is -1.000. The number of rotatable bonds is 4. The standard InChI is InChI=1S/C16H17NO5/c18-12(19)7-10(11-2-1-5-22-11)17-15(20)13-8-3-4-9(6-8)14(13)16(17)21/h1-2,5,8-10,13-14H,3-4,6-7H2,(H,18,19)/t8-,9-,10+,13-,14-/m0/s1. The maximum absolute atomic E-state index is 12.8. The first kappa shape index (κ1) is 13.5. The molecule has 0 spiro atoms. The van der Waals surface area contributed by atoms with Gasteiger partial charge >= 0.3 is 5.97 Å². The highest BCUT2D eigenvalue weighted by atomic mass is 16.4. The SMILES string of the molecule is O=C(O)C[C@H](c1ccco1)N1C(=O)[C@H]2[C@H]3CC[C@@H](C3)[C@@H]2C1=O. The van der Waals surface area contributed by atoms with Crippen LogP contribution in [0, 0.1) is 23.7 Å². The quantitative estimate of drug-likeness (QED) is 0.857. The first-order valence-electron chi connectivity index (χ1n) is 7.70. The number of fused-ring (bicyclic) bond motifs is 5. The highest BCUT2D eigenvalue weighted by Crippen LogP contribution is 2.57. The van der Waals surface area contributed by atoms with Crippen molar-refractivity contribution in [1.29, 1.82) is 0 Å². The molecule has 1 N–H and O–H groups in total. The fraction of sp³-hybridized carbons (Fsp3) is 0.562. The van der Waals surface area contributed by atoms with Crippen molar-refractivity contribution in [3.63, 3.8) is 0 Å². The van der Waals surface area contributed by atoms with E-state index in [0.717, 1.165) is 19.3 Å². The summed E-state index contributed by atoms with van der Waals surface area (Å²) in [5.41, 5.74) is 0. The molecule has 116 valence electrons. The fourth-order valence-corrected chi connectivity index (χ4v) is 4.70. The number of furan rings is 1. The van der Waals surface area contributed by atoms with Crippen molar-refractivity contribution in [2.24, 2.45) is 23.7 Å². The molecule has 2 amide bonds. The molecule has 1 aliphatic heterocycles. The summed E-state index contributed by atoms with van der Waals surface area (Å²) in [6, 6.07) is 2.42. The number of nitrogens with zero attached hydrogens (tertiary/aromatic N) is 1. The zero-order chi connectivity index (χ0) is 15.4. The van der Waals surface area contributed by atoms with Crippen molar-refractivity contribution >= 4 is 17.8 Å². The van der Waals surface area contributed by atoms with Gasteiger partial charge in [0.25, 0.3) is 0 Å². The van der Waals surface area contributed by atoms with Crippen molar-refractivity contribution in [2.45, 2.75) is 31.7 Å². The molecule has 22 heavy (non-hydrogen) atoms. The minimum Gasteiger partial charge on any atom is -0.481 e. The average molecular weight is 303 g/mol. The maximum Gasteiger partial charge on any atom is 0.305 e. The van der Waals surface area contributed by atoms with Crippen LogP contribution in [-0.4, -0.2) is 27.8 Å². The predicted octanol–water partition coefficient (Wildman–Crippen LogP) is 1.83. The number of carbonyl (C=O) groups excluding carboxylic acids is 2. The number of aliphatic carboxylic acids is 1. The van der Waals surface area contributed by atoms with Crippen LogP contribution in [0.5, 0.6) is 0 Å². The smallest absolute Gasteiger partial charge is 0.305 e. The van der Waals surface area contributed by atoms with E-state index in [1.807, 2.05) is 0 Å². The van der Waals surface area contributed by atoms with Crippen LogP contribution >= 0.6 is 0 Å². The third kappa shape index (κ3) is 1.76. The van der Waals surface area contributed by atoms with Gasteiger partial charge in [0.05, 0.1) is 24.5 Å². The number of likely N-dealkylation sites (tertiary alicyclic amines) is 1. The van der Waals surface area contributed by atoms with Gasteiger partial charge in [0.1, 0.15) is 11.8 Å². The van der Waals surface area contributed by atoms with E-state index in [1.54, 1.807) is 12.1 Å². The zero-order valence-corrected chi connectivity index (χ0v) is 12.0. The number of carbonyl (C=O) groups is 3. The Kier molecular flexibility index (Phi) is 2.89. The van der Waals surface area contributed by atoms with E-state index < -0.39 is 12.0 Å². The van der Waals surface area contributed by atoms with Crippen molar-refractivity contribution in [3.8, 4) is 0 Å². The average Bonchev–Trinajstić information content (AvgIpc) is 3.22. The van der Waals surface area contributed by atoms with Gasteiger partial charge in [0.2, 0.25) is 11.8 Å². The molecule has 1 aromatic heterocycles. The Bertz CT molecular complexity index is 609. The molecule has 2 aliphatic carbocycles. The molecule has 6 nitrogen and oxygen atoms in total. The summed E-state index contributed by atoms with van der Waals surface area (Å²) >= 11 is 0. The van der Waals surface area contributed by atoms with Crippen molar-refractivity contribution < 1.29 is 23.9 Å². The Morgan fingerprint density at radius 1 is 1.27 bits per heavy atom. The molecule has 2 saturated carbocycles. The van der Waals surface area contributed by atoms with Crippen molar-refractivity contribution in [3.05, 3.63) is 24.2 Å². The summed E-state index contributed by atoms with van der Waals surface area (Å²) in [7, 11) is 0. The minimum atomic E-state index is -1.05. The monoisotopic (exact) mass is 303 g/mol. The number of hydrogen-bond acceptors (Lipinski definition) is 4. The van der Waals surface area contributed by atoms with E-state index in [4.69, 9.17) is 9.52 Å². The van der Waals surface area contributed by atoms with Gasteiger partial charge in [-0.15, -0.1) is 0 Å². The van der Waals surface area contributed by atoms with Crippen LogP contribution in [0.3, 0.4) is 0 Å². The second-order valence-corrected chi connectivity index (χ2v) is 6.56. The number of amides is 2. The molecular weight excluding hydrogens is 286 g/mol. The summed E-state index contributed by atoms with van der Waals surface area (Å²) in [6.45, 7) is 0. The van der Waals surface area contributed by atoms with Crippen LogP contribution in [-0.2, 0) is 14.4 Å². The number of carboxylic acids is 1. The number of imide groups is 1. The lowest BCUT2D eigenvalue weighted by molar-refractivity contribution is -0.147. The van der Waals surface area contributed by atoms with E-state index in [2.05, 4.69) is 0 Å². The third-order valence-corrected chi connectivity index (χ3v) is 5.51. The highest BCUT2D eigenvalue weighted by molar-refractivity contribution is 6.06. The Labute approximate surface area is 127 Å². The minimum absolute atomic E-state index is 0.204. The van der Waals surface area contributed by atoms with Crippen LogP contribution < -0.4 is 0 Å². The predicted molar refractivity (Wildman–Crippen MR) is 73.4 cm³/mol. The lowest BCUT2D eigenvalue weighted by Gasteiger charge is -2.25. The molecule has 2 bridgehead atoms. The van der Waals surface area contributed by atoms with Gasteiger partial charge in [-0.2, -0.15) is 0 Å². The van der Waals surface area contributed by atoms with Crippen LogP contribution in [0.25, 0.3) is 0 Å². The number of hydrogen-bond donors (Lipinski definition) is 1. The summed E-state index contributed by atoms with van der Waals surface area (Å²) in [4.78, 5) is 37.9. The topological polar surface area (TPSA) is 87.8 Å². The molecular formula is C16H17NO5. The molecule has 2 heterocycles. The molecule has 4 rings (SSSR count). The molecule has 3 aliphatic rings. The molecule has 1 aromatic rings. The second-order valence-electron chi connectivity index (χ2n) is 6.56. The molecule has 0 unspecified atom stereocenters. The highest BCUT2D eigenvalue weighted by Gasteiger charge is 2.62. The molecule has 0 aromatic carbocycles. The first-order valence-corrected chi connectivity index (χ1v) is 7.70. The van der Waals surface area contributed by atoms with Crippen molar-refractivity contribution in [1.82, 2.24) is 4.90 Å². The normalized spacial score (nSPS) is 34.3. The number of carboxylic acid groups (broad SMARTS) is 1. The van der Waals surface area contributed by atoms with E-state index in [9.17, 15) is 14.4 Å². The van der Waals surface area contributed by atoms with Gasteiger partial charge in [0.15, 0.2) is 0 Å². The lowest BCUT2D eigenvalue weighted by Crippen LogP contribution is -2.37. The van der Waals surface area contributed by atoms with Crippen LogP contribution in [0.2, 0.25) is 0 Å². The van der Waals surface area contributed by atoms with E-state index in [0.29, 0.717) is 17.6 Å². The summed E-state index contributed by atoms with van der Waals surface area (Å²) < 4.78 is 5.29. The largest absolute Gasteiger partial charge is 0.481 e. The Hall–Kier alpha value is -2.11. The van der Waals surface area contributed by atoms with Gasteiger partial charge in [-0.1, -0.05) is 0 Å². The lowest BCUT2D eigenvalue weighted by atomic mass is 9.81. The maximum atomic E-state index is 12.8. The van der Waals surface area contributed by atoms with Gasteiger partial charge in [0, 0.05) is 0 Å². The van der Waals surface area contributed by atoms with E-state index >= 15 is 0 Å². The Morgan fingerprint density at radius 3 is 2.41 bits per heavy atom. The van der Waals surface area contributed by atoms with Gasteiger partial charge in [-0.3, -0.25) is 19.3 Å². The molecule has 0 radical (unpaired) electrons. The Balaban J connectivity index is 1.70. The van der Waals surface area contributed by atoms with Gasteiger partial charge < -0.3 is 9.52 Å². The van der Waals surface area contributed by atoms with Gasteiger partial charge in [-0.05, 0) is 43.2 Å². The molecule has 5 atom stereocenters. The Morgan fingerprint density at radius 2 is 1.91 bits per heavy atom.